The molecule has 188 valence electrons. The smallest absolute Gasteiger partial charge is 0.149 e. The molecule has 2 aromatic heterocycles. The van der Waals surface area contributed by atoms with Gasteiger partial charge in [-0.05, 0) is 53.4 Å². The second-order valence-corrected chi connectivity index (χ2v) is 9.58. The monoisotopic (exact) mass is 514 g/mol. The van der Waals surface area contributed by atoms with Crippen molar-refractivity contribution in [3.8, 4) is 51.3 Å². The van der Waals surface area contributed by atoms with Gasteiger partial charge in [0.1, 0.15) is 11.6 Å². The van der Waals surface area contributed by atoms with E-state index >= 15 is 0 Å². The second-order valence-electron chi connectivity index (χ2n) is 9.58. The molecule has 7 aromatic rings. The lowest BCUT2D eigenvalue weighted by Gasteiger charge is -2.13. The topological polar surface area (TPSA) is 74.7 Å². The molecule has 0 spiro atoms. The summed E-state index contributed by atoms with van der Waals surface area (Å²) in [4.78, 5) is 9.67. The predicted molar refractivity (Wildman–Crippen MR) is 159 cm³/mol. The zero-order valence-electron chi connectivity index (χ0n) is 21.4. The third kappa shape index (κ3) is 3.87. The summed E-state index contributed by atoms with van der Waals surface area (Å²) in [6.45, 7) is 0. The highest BCUT2D eigenvalue weighted by molar-refractivity contribution is 5.99. The number of pyridine rings is 1. The maximum Gasteiger partial charge on any atom is 0.149 e. The van der Waals surface area contributed by atoms with E-state index in [9.17, 15) is 10.4 Å². The third-order valence-corrected chi connectivity index (χ3v) is 7.20. The van der Waals surface area contributed by atoms with Crippen LogP contribution in [0.4, 0.5) is 0 Å². The molecule has 0 atom stereocenters. The number of nitriles is 1. The number of fused-ring (bicyclic) bond motifs is 2. The first-order valence-corrected chi connectivity index (χ1v) is 13.0. The second kappa shape index (κ2) is 9.54. The molecule has 0 aliphatic carbocycles. The summed E-state index contributed by atoms with van der Waals surface area (Å²) < 4.78 is 2.14. The summed E-state index contributed by atoms with van der Waals surface area (Å²) in [6, 6.07) is 41.8. The Kier molecular flexibility index (Phi) is 5.58. The average Bonchev–Trinajstić information content (AvgIpc) is 3.40. The molecule has 0 saturated carbocycles. The van der Waals surface area contributed by atoms with E-state index in [1.807, 2.05) is 54.6 Å². The van der Waals surface area contributed by atoms with Gasteiger partial charge >= 0.3 is 0 Å². The minimum absolute atomic E-state index is 0.172. The number of hydrogen-bond donors (Lipinski definition) is 1. The first-order valence-electron chi connectivity index (χ1n) is 13.0. The van der Waals surface area contributed by atoms with Gasteiger partial charge in [-0.1, -0.05) is 78.9 Å². The van der Waals surface area contributed by atoms with E-state index in [2.05, 4.69) is 64.2 Å². The van der Waals surface area contributed by atoms with Crippen LogP contribution in [0.25, 0.3) is 61.3 Å². The highest BCUT2D eigenvalue weighted by Gasteiger charge is 2.20. The molecule has 0 bridgehead atoms. The van der Waals surface area contributed by atoms with Crippen molar-refractivity contribution in [2.24, 2.45) is 0 Å². The Labute approximate surface area is 230 Å². The van der Waals surface area contributed by atoms with Crippen LogP contribution < -0.4 is 0 Å². The van der Waals surface area contributed by atoms with Crippen molar-refractivity contribution in [1.29, 1.82) is 5.26 Å². The van der Waals surface area contributed by atoms with E-state index < -0.39 is 0 Å². The fraction of sp³-hybridized carbons (Fsp3) is 0. The van der Waals surface area contributed by atoms with Crippen LogP contribution in [0.5, 0.6) is 5.75 Å². The zero-order chi connectivity index (χ0) is 27.1. The summed E-state index contributed by atoms with van der Waals surface area (Å²) >= 11 is 0. The van der Waals surface area contributed by atoms with Crippen LogP contribution >= 0.6 is 0 Å². The van der Waals surface area contributed by atoms with Gasteiger partial charge in [0.25, 0.3) is 0 Å². The minimum Gasteiger partial charge on any atom is -0.507 e. The van der Waals surface area contributed by atoms with Gasteiger partial charge in [0.05, 0.1) is 39.6 Å². The van der Waals surface area contributed by atoms with Crippen molar-refractivity contribution in [2.45, 2.75) is 0 Å². The van der Waals surface area contributed by atoms with Crippen LogP contribution in [0.3, 0.4) is 0 Å². The number of para-hydroxylation sites is 2. The summed E-state index contributed by atoms with van der Waals surface area (Å²) in [5, 5.41) is 22.5. The van der Waals surface area contributed by atoms with Crippen LogP contribution in [-0.4, -0.2) is 19.6 Å². The van der Waals surface area contributed by atoms with Gasteiger partial charge < -0.3 is 5.11 Å². The summed E-state index contributed by atoms with van der Waals surface area (Å²) in [7, 11) is 0. The summed E-state index contributed by atoms with van der Waals surface area (Å²) in [6.07, 6.45) is 1.66. The lowest BCUT2D eigenvalue weighted by atomic mass is 10.00. The van der Waals surface area contributed by atoms with Crippen molar-refractivity contribution >= 4 is 21.8 Å². The highest BCUT2D eigenvalue weighted by atomic mass is 16.3. The zero-order valence-corrected chi connectivity index (χ0v) is 21.4. The van der Waals surface area contributed by atoms with Gasteiger partial charge in [-0.3, -0.25) is 9.55 Å². The summed E-state index contributed by atoms with van der Waals surface area (Å²) in [5.74, 6) is 0.836. The van der Waals surface area contributed by atoms with Crippen LogP contribution in [-0.2, 0) is 0 Å². The SMILES string of the molecule is N#Cc1ccnc(-c2cccc(-c3cccc4c3nc(-c3ccccc3O)n4-c3cccc4ccccc34)c2)c1. The molecule has 5 nitrogen and oxygen atoms in total. The number of benzene rings is 5. The quantitative estimate of drug-likeness (QED) is 0.257. The maximum absolute atomic E-state index is 10.9. The van der Waals surface area contributed by atoms with E-state index in [1.165, 1.54) is 0 Å². The molecule has 0 radical (unpaired) electrons. The predicted octanol–water partition coefficient (Wildman–Crippen LogP) is 8.15. The number of rotatable bonds is 4. The van der Waals surface area contributed by atoms with Crippen LogP contribution in [0.1, 0.15) is 5.56 Å². The number of aromatic hydroxyl groups is 1. The van der Waals surface area contributed by atoms with Crippen LogP contribution in [0, 0.1) is 11.3 Å². The van der Waals surface area contributed by atoms with Gasteiger partial charge in [0.2, 0.25) is 0 Å². The van der Waals surface area contributed by atoms with E-state index in [4.69, 9.17) is 4.98 Å². The highest BCUT2D eigenvalue weighted by Crippen LogP contribution is 2.39. The van der Waals surface area contributed by atoms with Crippen LogP contribution in [0.15, 0.2) is 128 Å². The van der Waals surface area contributed by atoms with Gasteiger partial charge in [-0.2, -0.15) is 5.26 Å². The molecule has 2 heterocycles. The first kappa shape index (κ1) is 23.4. The Balaban J connectivity index is 1.50. The Hall–Kier alpha value is -5.73. The van der Waals surface area contributed by atoms with Gasteiger partial charge in [0.15, 0.2) is 0 Å². The fourth-order valence-electron chi connectivity index (χ4n) is 5.33. The number of phenols is 1. The fourth-order valence-corrected chi connectivity index (χ4v) is 5.33. The molecule has 5 heteroatoms. The standard InChI is InChI=1S/C35H22N4O/c36-22-23-18-19-37-30(20-23)26-11-5-10-25(21-26)28-14-7-16-32-34(28)38-35(29-13-3-4-17-33(29)40)39(32)31-15-6-9-24-8-1-2-12-27(24)31/h1-21,40H. The van der Waals surface area contributed by atoms with Crippen molar-refractivity contribution in [2.75, 3.05) is 0 Å². The molecule has 0 saturated heterocycles. The molecular formula is C35H22N4O. The molecule has 0 fully saturated rings. The lowest BCUT2D eigenvalue weighted by Crippen LogP contribution is -1.99. The molecule has 40 heavy (non-hydrogen) atoms. The molecule has 0 unspecified atom stereocenters. The van der Waals surface area contributed by atoms with Gasteiger partial charge in [-0.15, -0.1) is 0 Å². The Bertz CT molecular complexity index is 2100. The molecule has 7 rings (SSSR count). The maximum atomic E-state index is 10.9. The lowest BCUT2D eigenvalue weighted by molar-refractivity contribution is 0.477. The average molecular weight is 515 g/mol. The number of phenolic OH excluding ortho intramolecular Hbond substituents is 1. The molecule has 1 N–H and O–H groups in total. The third-order valence-electron chi connectivity index (χ3n) is 7.20. The Morgan fingerprint density at radius 3 is 2.35 bits per heavy atom. The summed E-state index contributed by atoms with van der Waals surface area (Å²) in [5.41, 5.74) is 7.58. The number of aromatic nitrogens is 3. The van der Waals surface area contributed by atoms with E-state index in [-0.39, 0.29) is 5.75 Å². The van der Waals surface area contributed by atoms with Crippen molar-refractivity contribution in [3.05, 3.63) is 133 Å². The molecule has 0 aliphatic rings. The van der Waals surface area contributed by atoms with E-state index in [0.29, 0.717) is 17.0 Å². The normalized spacial score (nSPS) is 11.1. The molecule has 0 aliphatic heterocycles. The van der Waals surface area contributed by atoms with Crippen molar-refractivity contribution < 1.29 is 5.11 Å². The van der Waals surface area contributed by atoms with E-state index in [0.717, 1.165) is 49.9 Å². The van der Waals surface area contributed by atoms with Crippen LogP contribution in [0.2, 0.25) is 0 Å². The Morgan fingerprint density at radius 1 is 0.700 bits per heavy atom. The van der Waals surface area contributed by atoms with Gasteiger partial charge in [-0.25, -0.2) is 4.98 Å². The first-order chi connectivity index (χ1) is 19.7. The van der Waals surface area contributed by atoms with Crippen molar-refractivity contribution in [3.63, 3.8) is 0 Å². The number of nitrogens with zero attached hydrogens (tertiary/aromatic N) is 4. The minimum atomic E-state index is 0.172. The number of imidazole rings is 1. The molecule has 0 amide bonds. The van der Waals surface area contributed by atoms with Gasteiger partial charge in [0, 0.05) is 22.7 Å². The molecular weight excluding hydrogens is 492 g/mol. The number of hydrogen-bond acceptors (Lipinski definition) is 4. The Morgan fingerprint density at radius 2 is 1.45 bits per heavy atom. The van der Waals surface area contributed by atoms with E-state index in [1.54, 1.807) is 24.4 Å². The molecule has 5 aromatic carbocycles. The largest absolute Gasteiger partial charge is 0.507 e. The van der Waals surface area contributed by atoms with Crippen molar-refractivity contribution in [1.82, 2.24) is 14.5 Å².